The molecule has 6 heteroatoms. The highest BCUT2D eigenvalue weighted by Gasteiger charge is 2.13. The summed E-state index contributed by atoms with van der Waals surface area (Å²) in [6, 6.07) is 5.95. The van der Waals surface area contributed by atoms with E-state index in [0.29, 0.717) is 5.69 Å². The highest BCUT2D eigenvalue weighted by molar-refractivity contribution is 7.91. The number of benzene rings is 1. The van der Waals surface area contributed by atoms with Gasteiger partial charge in [0.05, 0.1) is 10.6 Å². The second-order valence-corrected chi connectivity index (χ2v) is 5.71. The fraction of sp³-hybridized carbons (Fsp3) is 0.364. The van der Waals surface area contributed by atoms with Crippen LogP contribution in [-0.4, -0.2) is 31.8 Å². The number of sulfone groups is 1. The Labute approximate surface area is 100 Å². The molecule has 5 nitrogen and oxygen atoms in total. The number of hydrogen-bond acceptors (Lipinski definition) is 4. The quantitative estimate of drug-likeness (QED) is 0.817. The van der Waals surface area contributed by atoms with Gasteiger partial charge in [0, 0.05) is 19.2 Å². The smallest absolute Gasteiger partial charge is 0.221 e. The lowest BCUT2D eigenvalue weighted by Crippen LogP contribution is -2.09. The van der Waals surface area contributed by atoms with E-state index in [2.05, 4.69) is 5.32 Å². The predicted octanol–water partition coefficient (Wildman–Crippen LogP) is 0.801. The molecule has 1 aromatic rings. The third kappa shape index (κ3) is 4.16. The third-order valence-corrected chi connectivity index (χ3v) is 3.92. The number of carbonyl (C=O) groups excluding carboxylic acids is 1. The van der Waals surface area contributed by atoms with Crippen LogP contribution in [0.1, 0.15) is 13.3 Å². The summed E-state index contributed by atoms with van der Waals surface area (Å²) in [6.07, 6.45) is 0.218. The highest BCUT2D eigenvalue weighted by Crippen LogP contribution is 2.15. The van der Waals surface area contributed by atoms with Crippen LogP contribution in [0.2, 0.25) is 0 Å². The SMILES string of the molecule is CC(=O)Nc1ccc(S(=O)(=O)CCCO)cc1. The summed E-state index contributed by atoms with van der Waals surface area (Å²) in [6.45, 7) is 1.23. The molecule has 0 aliphatic carbocycles. The molecule has 94 valence electrons. The Balaban J connectivity index is 2.83. The molecule has 0 saturated carbocycles. The van der Waals surface area contributed by atoms with Crippen LogP contribution in [0.25, 0.3) is 0 Å². The summed E-state index contributed by atoms with van der Waals surface area (Å²) in [5.41, 5.74) is 0.554. The van der Waals surface area contributed by atoms with Gasteiger partial charge in [-0.2, -0.15) is 0 Å². The molecule has 0 saturated heterocycles. The van der Waals surface area contributed by atoms with Gasteiger partial charge in [-0.05, 0) is 30.7 Å². The number of aliphatic hydroxyl groups excluding tert-OH is 1. The largest absolute Gasteiger partial charge is 0.396 e. The molecule has 0 unspecified atom stereocenters. The van der Waals surface area contributed by atoms with Crippen molar-refractivity contribution < 1.29 is 18.3 Å². The van der Waals surface area contributed by atoms with Gasteiger partial charge >= 0.3 is 0 Å². The van der Waals surface area contributed by atoms with Gasteiger partial charge in [0.2, 0.25) is 5.91 Å². The van der Waals surface area contributed by atoms with Gasteiger partial charge in [0.15, 0.2) is 9.84 Å². The molecular formula is C11H15NO4S. The number of anilines is 1. The number of nitrogens with one attached hydrogen (secondary N) is 1. The van der Waals surface area contributed by atoms with Crippen LogP contribution in [-0.2, 0) is 14.6 Å². The second-order valence-electron chi connectivity index (χ2n) is 3.60. The van der Waals surface area contributed by atoms with E-state index in [1.54, 1.807) is 0 Å². The standard InChI is InChI=1S/C11H15NO4S/c1-9(14)12-10-3-5-11(6-4-10)17(15,16)8-2-7-13/h3-6,13H,2,7-8H2,1H3,(H,12,14). The van der Waals surface area contributed by atoms with Crippen molar-refractivity contribution in [1.29, 1.82) is 0 Å². The van der Waals surface area contributed by atoms with Crippen molar-refractivity contribution in [3.63, 3.8) is 0 Å². The Morgan fingerprint density at radius 1 is 1.29 bits per heavy atom. The Kier molecular flexibility index (Phi) is 4.65. The van der Waals surface area contributed by atoms with Crippen molar-refractivity contribution in [3.05, 3.63) is 24.3 Å². The lowest BCUT2D eigenvalue weighted by atomic mass is 10.3. The maximum Gasteiger partial charge on any atom is 0.221 e. The van der Waals surface area contributed by atoms with E-state index < -0.39 is 9.84 Å². The van der Waals surface area contributed by atoms with E-state index in [1.807, 2.05) is 0 Å². The monoisotopic (exact) mass is 257 g/mol. The molecular weight excluding hydrogens is 242 g/mol. The van der Waals surface area contributed by atoms with Crippen LogP contribution in [0.4, 0.5) is 5.69 Å². The van der Waals surface area contributed by atoms with Crippen LogP contribution < -0.4 is 5.32 Å². The summed E-state index contributed by atoms with van der Waals surface area (Å²) in [5, 5.41) is 11.2. The molecule has 0 atom stereocenters. The van der Waals surface area contributed by atoms with Crippen LogP contribution in [0.15, 0.2) is 29.2 Å². The number of hydrogen-bond donors (Lipinski definition) is 2. The van der Waals surface area contributed by atoms with Crippen molar-refractivity contribution >= 4 is 21.4 Å². The minimum absolute atomic E-state index is 0.0804. The van der Waals surface area contributed by atoms with Gasteiger partial charge in [-0.15, -0.1) is 0 Å². The van der Waals surface area contributed by atoms with E-state index in [9.17, 15) is 13.2 Å². The molecule has 0 radical (unpaired) electrons. The third-order valence-electron chi connectivity index (χ3n) is 2.10. The van der Waals surface area contributed by atoms with Crippen molar-refractivity contribution in [2.45, 2.75) is 18.2 Å². The first-order valence-corrected chi connectivity index (χ1v) is 6.82. The Bertz CT molecular complexity index is 479. The van der Waals surface area contributed by atoms with Crippen molar-refractivity contribution in [2.24, 2.45) is 0 Å². The van der Waals surface area contributed by atoms with E-state index in [1.165, 1.54) is 31.2 Å². The lowest BCUT2D eigenvalue weighted by Gasteiger charge is -2.05. The van der Waals surface area contributed by atoms with Crippen LogP contribution in [0.3, 0.4) is 0 Å². The van der Waals surface area contributed by atoms with Crippen LogP contribution >= 0.6 is 0 Å². The fourth-order valence-corrected chi connectivity index (χ4v) is 2.62. The minimum atomic E-state index is -3.34. The average molecular weight is 257 g/mol. The summed E-state index contributed by atoms with van der Waals surface area (Å²) in [5.74, 6) is -0.288. The van der Waals surface area contributed by atoms with Gasteiger partial charge in [0.1, 0.15) is 0 Å². The molecule has 0 aliphatic heterocycles. The number of aliphatic hydroxyl groups is 1. The van der Waals surface area contributed by atoms with Crippen molar-refractivity contribution in [3.8, 4) is 0 Å². The zero-order valence-corrected chi connectivity index (χ0v) is 10.3. The molecule has 0 heterocycles. The molecule has 1 amide bonds. The van der Waals surface area contributed by atoms with Gasteiger partial charge in [-0.3, -0.25) is 4.79 Å². The van der Waals surface area contributed by atoms with E-state index in [0.717, 1.165) is 0 Å². The van der Waals surface area contributed by atoms with Crippen molar-refractivity contribution in [2.75, 3.05) is 17.7 Å². The summed E-state index contributed by atoms with van der Waals surface area (Å²) in [7, 11) is -3.34. The molecule has 0 fully saturated rings. The zero-order valence-electron chi connectivity index (χ0n) is 9.51. The average Bonchev–Trinajstić information content (AvgIpc) is 2.26. The van der Waals surface area contributed by atoms with Gasteiger partial charge < -0.3 is 10.4 Å². The summed E-state index contributed by atoms with van der Waals surface area (Å²) < 4.78 is 23.5. The zero-order chi connectivity index (χ0) is 12.9. The number of carbonyl (C=O) groups is 1. The van der Waals surface area contributed by atoms with E-state index in [4.69, 9.17) is 5.11 Å². The first-order valence-electron chi connectivity index (χ1n) is 5.17. The molecule has 0 aliphatic rings. The topological polar surface area (TPSA) is 83.5 Å². The molecule has 2 N–H and O–H groups in total. The first-order chi connectivity index (χ1) is 7.95. The fourth-order valence-electron chi connectivity index (χ4n) is 1.32. The Morgan fingerprint density at radius 3 is 2.35 bits per heavy atom. The van der Waals surface area contributed by atoms with Gasteiger partial charge in [0.25, 0.3) is 0 Å². The second kappa shape index (κ2) is 5.79. The number of amides is 1. The first kappa shape index (κ1) is 13.7. The van der Waals surface area contributed by atoms with Crippen LogP contribution in [0.5, 0.6) is 0 Å². The van der Waals surface area contributed by atoms with Gasteiger partial charge in [-0.25, -0.2) is 8.42 Å². The molecule has 0 spiro atoms. The highest BCUT2D eigenvalue weighted by atomic mass is 32.2. The lowest BCUT2D eigenvalue weighted by molar-refractivity contribution is -0.114. The van der Waals surface area contributed by atoms with E-state index in [-0.39, 0.29) is 29.6 Å². The Hall–Kier alpha value is -1.40. The number of rotatable bonds is 5. The molecule has 17 heavy (non-hydrogen) atoms. The van der Waals surface area contributed by atoms with E-state index >= 15 is 0 Å². The summed E-state index contributed by atoms with van der Waals surface area (Å²) >= 11 is 0. The normalized spacial score (nSPS) is 11.2. The Morgan fingerprint density at radius 2 is 1.88 bits per heavy atom. The molecule has 0 aromatic heterocycles. The maximum atomic E-state index is 11.7. The van der Waals surface area contributed by atoms with Crippen LogP contribution in [0, 0.1) is 0 Å². The molecule has 1 rings (SSSR count). The minimum Gasteiger partial charge on any atom is -0.396 e. The predicted molar refractivity (Wildman–Crippen MR) is 64.5 cm³/mol. The molecule has 1 aromatic carbocycles. The van der Waals surface area contributed by atoms with Gasteiger partial charge in [-0.1, -0.05) is 0 Å². The summed E-state index contributed by atoms with van der Waals surface area (Å²) in [4.78, 5) is 11.0. The molecule has 0 bridgehead atoms. The van der Waals surface area contributed by atoms with Crippen molar-refractivity contribution in [1.82, 2.24) is 0 Å². The maximum absolute atomic E-state index is 11.7.